The molecular weight excluding hydrogens is 346 g/mol. The quantitative estimate of drug-likeness (QED) is 0.849. The van der Waals surface area contributed by atoms with Crippen LogP contribution < -0.4 is 5.32 Å². The van der Waals surface area contributed by atoms with Crippen LogP contribution in [-0.4, -0.2) is 23.5 Å². The van der Waals surface area contributed by atoms with Gasteiger partial charge in [0.1, 0.15) is 5.82 Å². The highest BCUT2D eigenvalue weighted by Gasteiger charge is 2.14. The first-order valence-corrected chi connectivity index (χ1v) is 7.17. The summed E-state index contributed by atoms with van der Waals surface area (Å²) in [6.07, 6.45) is 1.35. The molecule has 0 unspecified atom stereocenters. The summed E-state index contributed by atoms with van der Waals surface area (Å²) < 4.78 is 17.6. The van der Waals surface area contributed by atoms with E-state index in [1.54, 1.807) is 6.92 Å². The molecule has 0 fully saturated rings. The number of ether oxygens (including phenoxy) is 1. The standard InChI is InChI=1S/C15H11Cl2FN2O3/c1-8-11(16)6-19-14(13(8)17)20-12(21)7-23-15(22)9-2-4-10(18)5-3-9/h2-6H,7H2,1H3,(H,19,20,21). The van der Waals surface area contributed by atoms with Crippen molar-refractivity contribution in [2.75, 3.05) is 11.9 Å². The Labute approximate surface area is 141 Å². The van der Waals surface area contributed by atoms with Gasteiger partial charge >= 0.3 is 5.97 Å². The number of hydrogen-bond donors (Lipinski definition) is 1. The summed E-state index contributed by atoms with van der Waals surface area (Å²) in [7, 11) is 0. The van der Waals surface area contributed by atoms with Crippen molar-refractivity contribution in [2.45, 2.75) is 6.92 Å². The summed E-state index contributed by atoms with van der Waals surface area (Å²) in [4.78, 5) is 27.4. The lowest BCUT2D eigenvalue weighted by Gasteiger charge is -2.09. The van der Waals surface area contributed by atoms with E-state index in [0.717, 1.165) is 12.1 Å². The Morgan fingerprint density at radius 1 is 1.26 bits per heavy atom. The van der Waals surface area contributed by atoms with Crippen LogP contribution in [0.4, 0.5) is 10.2 Å². The number of aromatic nitrogens is 1. The smallest absolute Gasteiger partial charge is 0.338 e. The molecule has 0 aliphatic heterocycles. The van der Waals surface area contributed by atoms with Crippen LogP contribution in [0.15, 0.2) is 30.5 Å². The summed E-state index contributed by atoms with van der Waals surface area (Å²) in [6, 6.07) is 4.76. The molecule has 1 aromatic heterocycles. The summed E-state index contributed by atoms with van der Waals surface area (Å²) in [5, 5.41) is 2.99. The van der Waals surface area contributed by atoms with E-state index in [0.29, 0.717) is 10.6 Å². The molecule has 5 nitrogen and oxygen atoms in total. The summed E-state index contributed by atoms with van der Waals surface area (Å²) in [5.74, 6) is -1.71. The Morgan fingerprint density at radius 2 is 1.91 bits per heavy atom. The molecule has 1 amide bonds. The lowest BCUT2D eigenvalue weighted by molar-refractivity contribution is -0.119. The third-order valence-corrected chi connectivity index (χ3v) is 3.72. The van der Waals surface area contributed by atoms with Crippen molar-refractivity contribution >= 4 is 40.9 Å². The zero-order valence-electron chi connectivity index (χ0n) is 11.9. The highest BCUT2D eigenvalue weighted by molar-refractivity contribution is 6.37. The minimum absolute atomic E-state index is 0.122. The second-order valence-corrected chi connectivity index (χ2v) is 5.31. The van der Waals surface area contributed by atoms with Crippen LogP contribution in [0.3, 0.4) is 0 Å². The molecule has 0 saturated heterocycles. The molecule has 1 heterocycles. The fourth-order valence-electron chi connectivity index (χ4n) is 1.61. The van der Waals surface area contributed by atoms with E-state index in [2.05, 4.69) is 10.3 Å². The predicted octanol–water partition coefficient (Wildman–Crippen LogP) is 3.63. The lowest BCUT2D eigenvalue weighted by atomic mass is 10.2. The average Bonchev–Trinajstić information content (AvgIpc) is 2.54. The van der Waals surface area contributed by atoms with Gasteiger partial charge in [0, 0.05) is 6.20 Å². The van der Waals surface area contributed by atoms with Gasteiger partial charge in [-0.15, -0.1) is 0 Å². The number of halogens is 3. The first-order valence-electron chi connectivity index (χ1n) is 6.41. The van der Waals surface area contributed by atoms with E-state index >= 15 is 0 Å². The molecule has 0 aliphatic carbocycles. The largest absolute Gasteiger partial charge is 0.452 e. The summed E-state index contributed by atoms with van der Waals surface area (Å²) >= 11 is 11.9. The van der Waals surface area contributed by atoms with Crippen molar-refractivity contribution in [1.82, 2.24) is 4.98 Å². The molecule has 0 atom stereocenters. The van der Waals surface area contributed by atoms with Crippen LogP contribution in [0.2, 0.25) is 10.0 Å². The third kappa shape index (κ3) is 4.40. The second kappa shape index (κ2) is 7.39. The summed E-state index contributed by atoms with van der Waals surface area (Å²) in [6.45, 7) is 1.15. The van der Waals surface area contributed by atoms with Gasteiger partial charge in [-0.25, -0.2) is 14.2 Å². The zero-order valence-corrected chi connectivity index (χ0v) is 13.4. The lowest BCUT2D eigenvalue weighted by Crippen LogP contribution is -2.21. The minimum atomic E-state index is -0.744. The van der Waals surface area contributed by atoms with Crippen molar-refractivity contribution in [3.63, 3.8) is 0 Å². The number of hydrogen-bond acceptors (Lipinski definition) is 4. The van der Waals surface area contributed by atoms with Crippen LogP contribution in [-0.2, 0) is 9.53 Å². The Kier molecular flexibility index (Phi) is 5.52. The van der Waals surface area contributed by atoms with Gasteiger partial charge in [0.25, 0.3) is 5.91 Å². The van der Waals surface area contributed by atoms with Gasteiger partial charge in [-0.2, -0.15) is 0 Å². The van der Waals surface area contributed by atoms with Crippen LogP contribution in [0.1, 0.15) is 15.9 Å². The SMILES string of the molecule is Cc1c(Cl)cnc(NC(=O)COC(=O)c2ccc(F)cc2)c1Cl. The fourth-order valence-corrected chi connectivity index (χ4v) is 2.00. The molecule has 0 spiro atoms. The Hall–Kier alpha value is -2.18. The first-order chi connectivity index (χ1) is 10.9. The number of pyridine rings is 1. The van der Waals surface area contributed by atoms with Crippen molar-refractivity contribution < 1.29 is 18.7 Å². The van der Waals surface area contributed by atoms with Gasteiger partial charge in [0.15, 0.2) is 12.4 Å². The van der Waals surface area contributed by atoms with Crippen molar-refractivity contribution in [1.29, 1.82) is 0 Å². The van der Waals surface area contributed by atoms with E-state index in [9.17, 15) is 14.0 Å². The van der Waals surface area contributed by atoms with Gasteiger partial charge in [0.05, 0.1) is 15.6 Å². The topological polar surface area (TPSA) is 68.3 Å². The van der Waals surface area contributed by atoms with Crippen LogP contribution >= 0.6 is 23.2 Å². The molecule has 0 radical (unpaired) electrons. The number of carbonyl (C=O) groups excluding carboxylic acids is 2. The van der Waals surface area contributed by atoms with E-state index in [-0.39, 0.29) is 16.4 Å². The van der Waals surface area contributed by atoms with Crippen molar-refractivity contribution in [3.8, 4) is 0 Å². The highest BCUT2D eigenvalue weighted by atomic mass is 35.5. The molecule has 23 heavy (non-hydrogen) atoms. The number of benzene rings is 1. The third-order valence-electron chi connectivity index (χ3n) is 2.87. The van der Waals surface area contributed by atoms with Gasteiger partial charge in [-0.1, -0.05) is 23.2 Å². The fraction of sp³-hybridized carbons (Fsp3) is 0.133. The number of esters is 1. The number of rotatable bonds is 4. The van der Waals surface area contributed by atoms with Crippen molar-refractivity contribution in [2.24, 2.45) is 0 Å². The Balaban J connectivity index is 1.94. The molecule has 2 rings (SSSR count). The van der Waals surface area contributed by atoms with E-state index in [4.69, 9.17) is 27.9 Å². The predicted molar refractivity (Wildman–Crippen MR) is 84.3 cm³/mol. The van der Waals surface area contributed by atoms with Crippen LogP contribution in [0, 0.1) is 12.7 Å². The van der Waals surface area contributed by atoms with Crippen molar-refractivity contribution in [3.05, 3.63) is 57.5 Å². The van der Waals surface area contributed by atoms with Gasteiger partial charge in [0.2, 0.25) is 0 Å². The maximum atomic E-state index is 12.8. The van der Waals surface area contributed by atoms with Gasteiger partial charge in [-0.05, 0) is 36.8 Å². The monoisotopic (exact) mass is 356 g/mol. The van der Waals surface area contributed by atoms with E-state index in [1.807, 2.05) is 0 Å². The van der Waals surface area contributed by atoms with Crippen LogP contribution in [0.25, 0.3) is 0 Å². The number of carbonyl (C=O) groups is 2. The number of anilines is 1. The molecule has 1 aromatic carbocycles. The van der Waals surface area contributed by atoms with Crippen LogP contribution in [0.5, 0.6) is 0 Å². The van der Waals surface area contributed by atoms with E-state index < -0.39 is 24.3 Å². The molecule has 2 aromatic rings. The minimum Gasteiger partial charge on any atom is -0.452 e. The molecular formula is C15H11Cl2FN2O3. The number of nitrogens with zero attached hydrogens (tertiary/aromatic N) is 1. The zero-order chi connectivity index (χ0) is 17.0. The van der Waals surface area contributed by atoms with Gasteiger partial charge in [-0.3, -0.25) is 4.79 Å². The molecule has 0 bridgehead atoms. The molecule has 0 saturated carbocycles. The van der Waals surface area contributed by atoms with Gasteiger partial charge < -0.3 is 10.1 Å². The molecule has 0 aliphatic rings. The average molecular weight is 357 g/mol. The summed E-state index contributed by atoms with van der Waals surface area (Å²) in [5.41, 5.74) is 0.708. The Morgan fingerprint density at radius 3 is 2.57 bits per heavy atom. The Bertz CT molecular complexity index is 751. The highest BCUT2D eigenvalue weighted by Crippen LogP contribution is 2.28. The molecule has 1 N–H and O–H groups in total. The normalized spacial score (nSPS) is 10.3. The number of nitrogens with one attached hydrogen (secondary N) is 1. The van der Waals surface area contributed by atoms with E-state index in [1.165, 1.54) is 18.3 Å². The maximum absolute atomic E-state index is 12.8. The maximum Gasteiger partial charge on any atom is 0.338 e. The molecule has 8 heteroatoms. The number of amides is 1. The first kappa shape index (κ1) is 17.2. The molecule has 120 valence electrons. The second-order valence-electron chi connectivity index (χ2n) is 4.52.